The van der Waals surface area contributed by atoms with Gasteiger partial charge in [-0.05, 0) is 48.9 Å². The molecule has 6 nitrogen and oxygen atoms in total. The van der Waals surface area contributed by atoms with Crippen molar-refractivity contribution in [3.05, 3.63) is 89.5 Å². The van der Waals surface area contributed by atoms with E-state index in [-0.39, 0.29) is 11.8 Å². The predicted molar refractivity (Wildman–Crippen MR) is 118 cm³/mol. The Bertz CT molecular complexity index is 1090. The molecule has 1 aliphatic rings. The lowest BCUT2D eigenvalue weighted by atomic mass is 10.0. The molecule has 0 saturated heterocycles. The zero-order chi connectivity index (χ0) is 21.8. The number of carbonyl (C=O) groups is 2. The second-order valence-electron chi connectivity index (χ2n) is 7.12. The average Bonchev–Trinajstić information content (AvgIpc) is 3.11. The van der Waals surface area contributed by atoms with Crippen molar-refractivity contribution in [2.24, 2.45) is 0 Å². The van der Waals surface area contributed by atoms with Crippen molar-refractivity contribution in [1.82, 2.24) is 5.32 Å². The third-order valence-electron chi connectivity index (χ3n) is 5.28. The molecule has 6 heteroatoms. The van der Waals surface area contributed by atoms with Gasteiger partial charge in [-0.25, -0.2) is 0 Å². The van der Waals surface area contributed by atoms with E-state index in [1.54, 1.807) is 37.4 Å². The van der Waals surface area contributed by atoms with Crippen LogP contribution in [0.5, 0.6) is 11.5 Å². The Hall–Kier alpha value is -3.80. The third-order valence-corrected chi connectivity index (χ3v) is 5.28. The van der Waals surface area contributed by atoms with Crippen molar-refractivity contribution in [2.75, 3.05) is 18.6 Å². The fraction of sp³-hybridized carbons (Fsp3) is 0.200. The fourth-order valence-electron chi connectivity index (χ4n) is 3.84. The lowest BCUT2D eigenvalue weighted by Gasteiger charge is -2.25. The Labute approximate surface area is 181 Å². The number of ether oxygens (including phenoxy) is 2. The smallest absolute Gasteiger partial charge is 0.259 e. The van der Waals surface area contributed by atoms with E-state index in [1.165, 1.54) is 4.90 Å². The van der Waals surface area contributed by atoms with Crippen LogP contribution < -0.4 is 19.7 Å². The molecule has 1 aliphatic heterocycles. The van der Waals surface area contributed by atoms with Crippen LogP contribution in [-0.4, -0.2) is 25.5 Å². The molecule has 0 aliphatic carbocycles. The maximum atomic E-state index is 13.3. The van der Waals surface area contributed by atoms with Gasteiger partial charge < -0.3 is 14.8 Å². The topological polar surface area (TPSA) is 67.9 Å². The van der Waals surface area contributed by atoms with E-state index in [2.05, 4.69) is 5.32 Å². The highest BCUT2D eigenvalue weighted by Gasteiger charge is 2.41. The lowest BCUT2D eigenvalue weighted by molar-refractivity contribution is -0.122. The molecule has 1 N–H and O–H groups in total. The summed E-state index contributed by atoms with van der Waals surface area (Å²) in [5.74, 6) is 0.969. The SMILES string of the molecule is CCOc1ccc(N2C(=O)c3ccccc3C2C(=O)NCc2ccccc2OC)cc1. The van der Waals surface area contributed by atoms with Gasteiger partial charge in [0.1, 0.15) is 17.5 Å². The van der Waals surface area contributed by atoms with Crippen molar-refractivity contribution in [3.8, 4) is 11.5 Å². The van der Waals surface area contributed by atoms with Crippen LogP contribution in [0.25, 0.3) is 0 Å². The van der Waals surface area contributed by atoms with Gasteiger partial charge in [-0.15, -0.1) is 0 Å². The summed E-state index contributed by atoms with van der Waals surface area (Å²) in [6.07, 6.45) is 0. The van der Waals surface area contributed by atoms with E-state index in [4.69, 9.17) is 9.47 Å². The molecule has 0 bridgehead atoms. The molecule has 3 aromatic carbocycles. The first-order valence-corrected chi connectivity index (χ1v) is 10.2. The van der Waals surface area contributed by atoms with E-state index in [9.17, 15) is 9.59 Å². The number of para-hydroxylation sites is 1. The number of hydrogen-bond acceptors (Lipinski definition) is 4. The lowest BCUT2D eigenvalue weighted by Crippen LogP contribution is -2.39. The van der Waals surface area contributed by atoms with Crippen LogP contribution in [0.1, 0.15) is 34.5 Å². The number of fused-ring (bicyclic) bond motifs is 1. The van der Waals surface area contributed by atoms with Crippen molar-refractivity contribution in [3.63, 3.8) is 0 Å². The van der Waals surface area contributed by atoms with Gasteiger partial charge in [0.2, 0.25) is 5.91 Å². The van der Waals surface area contributed by atoms with E-state index in [0.717, 1.165) is 5.56 Å². The molecular formula is C25H24N2O4. The molecule has 1 atom stereocenters. The Morgan fingerprint density at radius 3 is 2.45 bits per heavy atom. The number of methoxy groups -OCH3 is 1. The van der Waals surface area contributed by atoms with Crippen LogP contribution in [0.15, 0.2) is 72.8 Å². The Kier molecular flexibility index (Phi) is 5.89. The maximum Gasteiger partial charge on any atom is 0.259 e. The van der Waals surface area contributed by atoms with Crippen molar-refractivity contribution < 1.29 is 19.1 Å². The molecule has 1 unspecified atom stereocenters. The van der Waals surface area contributed by atoms with Crippen LogP contribution in [0.2, 0.25) is 0 Å². The third kappa shape index (κ3) is 3.97. The molecule has 158 valence electrons. The molecular weight excluding hydrogens is 392 g/mol. The standard InChI is InChI=1S/C25H24N2O4/c1-3-31-19-14-12-18(13-15-19)27-23(20-9-5-6-10-21(20)25(27)29)24(28)26-16-17-8-4-7-11-22(17)30-2/h4-15,23H,3,16H2,1-2H3,(H,26,28). The van der Waals surface area contributed by atoms with E-state index < -0.39 is 6.04 Å². The number of anilines is 1. The minimum absolute atomic E-state index is 0.197. The normalized spacial score (nSPS) is 14.8. The monoisotopic (exact) mass is 416 g/mol. The van der Waals surface area contributed by atoms with E-state index in [1.807, 2.05) is 49.4 Å². The second-order valence-corrected chi connectivity index (χ2v) is 7.12. The first-order valence-electron chi connectivity index (χ1n) is 10.2. The predicted octanol–water partition coefficient (Wildman–Crippen LogP) is 4.11. The number of amides is 2. The number of hydrogen-bond donors (Lipinski definition) is 1. The molecule has 0 fully saturated rings. The number of nitrogens with zero attached hydrogens (tertiary/aromatic N) is 1. The van der Waals surface area contributed by atoms with E-state index in [0.29, 0.717) is 41.5 Å². The van der Waals surface area contributed by atoms with Crippen LogP contribution in [0.4, 0.5) is 5.69 Å². The largest absolute Gasteiger partial charge is 0.496 e. The minimum Gasteiger partial charge on any atom is -0.496 e. The molecule has 0 aromatic heterocycles. The second kappa shape index (κ2) is 8.92. The summed E-state index contributed by atoms with van der Waals surface area (Å²) in [5.41, 5.74) is 2.73. The number of benzene rings is 3. The van der Waals surface area contributed by atoms with Crippen LogP contribution in [-0.2, 0) is 11.3 Å². The zero-order valence-electron chi connectivity index (χ0n) is 17.5. The van der Waals surface area contributed by atoms with Crippen molar-refractivity contribution in [2.45, 2.75) is 19.5 Å². The van der Waals surface area contributed by atoms with Gasteiger partial charge in [-0.1, -0.05) is 36.4 Å². The highest BCUT2D eigenvalue weighted by atomic mass is 16.5. The first kappa shape index (κ1) is 20.5. The van der Waals surface area contributed by atoms with Gasteiger partial charge in [0.25, 0.3) is 5.91 Å². The molecule has 2 amide bonds. The fourth-order valence-corrected chi connectivity index (χ4v) is 3.84. The van der Waals surface area contributed by atoms with Crippen molar-refractivity contribution >= 4 is 17.5 Å². The minimum atomic E-state index is -0.753. The van der Waals surface area contributed by atoms with Crippen LogP contribution in [0.3, 0.4) is 0 Å². The number of nitrogens with one attached hydrogen (secondary N) is 1. The van der Waals surface area contributed by atoms with Crippen LogP contribution >= 0.6 is 0 Å². The molecule has 0 radical (unpaired) electrons. The Morgan fingerprint density at radius 1 is 1.00 bits per heavy atom. The molecule has 3 aromatic rings. The summed E-state index contributed by atoms with van der Waals surface area (Å²) >= 11 is 0. The van der Waals surface area contributed by atoms with Gasteiger partial charge in [0.15, 0.2) is 0 Å². The Balaban J connectivity index is 1.63. The summed E-state index contributed by atoms with van der Waals surface area (Å²) in [4.78, 5) is 28.0. The summed E-state index contributed by atoms with van der Waals surface area (Å²) in [5, 5.41) is 2.97. The number of rotatable bonds is 7. The first-order chi connectivity index (χ1) is 15.1. The average molecular weight is 416 g/mol. The van der Waals surface area contributed by atoms with Gasteiger partial charge >= 0.3 is 0 Å². The highest BCUT2D eigenvalue weighted by Crippen LogP contribution is 2.38. The summed E-state index contributed by atoms with van der Waals surface area (Å²) < 4.78 is 10.9. The van der Waals surface area contributed by atoms with Crippen molar-refractivity contribution in [1.29, 1.82) is 0 Å². The maximum absolute atomic E-state index is 13.3. The summed E-state index contributed by atoms with van der Waals surface area (Å²) in [6.45, 7) is 2.77. The van der Waals surface area contributed by atoms with Gasteiger partial charge in [-0.3, -0.25) is 14.5 Å². The highest BCUT2D eigenvalue weighted by molar-refractivity contribution is 6.15. The van der Waals surface area contributed by atoms with E-state index >= 15 is 0 Å². The van der Waals surface area contributed by atoms with Gasteiger partial charge in [-0.2, -0.15) is 0 Å². The van der Waals surface area contributed by atoms with Crippen LogP contribution in [0, 0.1) is 0 Å². The van der Waals surface area contributed by atoms with Gasteiger partial charge in [0.05, 0.1) is 13.7 Å². The molecule has 0 spiro atoms. The summed E-state index contributed by atoms with van der Waals surface area (Å²) in [6, 6.07) is 21.2. The number of carbonyl (C=O) groups excluding carboxylic acids is 2. The molecule has 31 heavy (non-hydrogen) atoms. The van der Waals surface area contributed by atoms with Gasteiger partial charge in [0, 0.05) is 23.4 Å². The Morgan fingerprint density at radius 2 is 1.71 bits per heavy atom. The summed E-state index contributed by atoms with van der Waals surface area (Å²) in [7, 11) is 1.60. The quantitative estimate of drug-likeness (QED) is 0.629. The molecule has 4 rings (SSSR count). The molecule has 1 heterocycles. The molecule has 0 saturated carbocycles. The zero-order valence-corrected chi connectivity index (χ0v) is 17.5.